The highest BCUT2D eigenvalue weighted by molar-refractivity contribution is 7.86. The fourth-order valence-corrected chi connectivity index (χ4v) is 1.04. The molecule has 0 rings (SSSR count). The van der Waals surface area contributed by atoms with Crippen LogP contribution >= 0.6 is 0 Å². The first-order valence-corrected chi connectivity index (χ1v) is 6.47. The molecule has 0 aromatic carbocycles. The molecule has 0 aliphatic rings. The zero-order chi connectivity index (χ0) is 13.1. The summed E-state index contributed by atoms with van der Waals surface area (Å²) in [6.07, 6.45) is 0. The molecule has 0 aliphatic heterocycles. The number of hydrogen-bond donors (Lipinski definition) is 3. The minimum atomic E-state index is -4.46. The molecule has 3 N–H and O–H groups in total. The van der Waals surface area contributed by atoms with Gasteiger partial charge in [-0.3, -0.25) is 4.55 Å². The summed E-state index contributed by atoms with van der Waals surface area (Å²) in [5.74, 6) is 0. The van der Waals surface area contributed by atoms with Gasteiger partial charge in [0.2, 0.25) is 5.44 Å². The third-order valence-electron chi connectivity index (χ3n) is 1.58. The van der Waals surface area contributed by atoms with Crippen LogP contribution in [-0.4, -0.2) is 74.9 Å². The molecule has 0 aliphatic carbocycles. The van der Waals surface area contributed by atoms with Gasteiger partial charge in [-0.15, -0.1) is 0 Å². The Labute approximate surface area is 99.9 Å². The lowest BCUT2D eigenvalue weighted by Gasteiger charge is -2.08. The van der Waals surface area contributed by atoms with Gasteiger partial charge in [-0.25, -0.2) is 0 Å². The lowest BCUT2D eigenvalue weighted by atomic mass is 10.7. The number of aliphatic hydroxyl groups excluding tert-OH is 2. The normalized spacial score (nSPS) is 13.8. The first-order valence-electron chi connectivity index (χ1n) is 4.97. The Balaban J connectivity index is 3.24. The molecule has 0 bridgehead atoms. The van der Waals surface area contributed by atoms with Crippen molar-refractivity contribution in [1.29, 1.82) is 0 Å². The predicted octanol–water partition coefficient (Wildman–Crippen LogP) is -1.77. The molecule has 0 spiro atoms. The van der Waals surface area contributed by atoms with Crippen LogP contribution in [0.2, 0.25) is 0 Å². The van der Waals surface area contributed by atoms with E-state index in [1.54, 1.807) is 0 Å². The Morgan fingerprint density at radius 1 is 0.941 bits per heavy atom. The maximum atomic E-state index is 10.4. The Bertz CT molecular complexity index is 265. The minimum Gasteiger partial charge on any atom is -0.394 e. The molecule has 0 aromatic heterocycles. The summed E-state index contributed by atoms with van der Waals surface area (Å²) in [5.41, 5.74) is -1.93. The molecule has 104 valence electrons. The molecule has 0 aromatic rings. The molecule has 1 atom stereocenters. The van der Waals surface area contributed by atoms with Crippen LogP contribution < -0.4 is 0 Å². The van der Waals surface area contributed by atoms with Crippen molar-refractivity contribution in [3.63, 3.8) is 0 Å². The van der Waals surface area contributed by atoms with E-state index >= 15 is 0 Å². The van der Waals surface area contributed by atoms with Gasteiger partial charge in [-0.1, -0.05) is 0 Å². The van der Waals surface area contributed by atoms with Gasteiger partial charge >= 0.3 is 0 Å². The van der Waals surface area contributed by atoms with E-state index in [2.05, 4.69) is 0 Å². The van der Waals surface area contributed by atoms with Crippen molar-refractivity contribution < 1.29 is 37.4 Å². The first-order chi connectivity index (χ1) is 7.98. The molecule has 0 saturated heterocycles. The quantitative estimate of drug-likeness (QED) is 0.299. The van der Waals surface area contributed by atoms with Crippen LogP contribution in [0.3, 0.4) is 0 Å². The van der Waals surface area contributed by atoms with Crippen LogP contribution in [0.25, 0.3) is 0 Å². The molecule has 1 unspecified atom stereocenters. The highest BCUT2D eigenvalue weighted by Crippen LogP contribution is 1.94. The van der Waals surface area contributed by atoms with Crippen molar-refractivity contribution in [3.8, 4) is 0 Å². The summed E-state index contributed by atoms with van der Waals surface area (Å²) in [7, 11) is -4.46. The van der Waals surface area contributed by atoms with E-state index in [1.807, 2.05) is 0 Å². The summed E-state index contributed by atoms with van der Waals surface area (Å²) < 4.78 is 43.8. The van der Waals surface area contributed by atoms with Crippen molar-refractivity contribution in [1.82, 2.24) is 0 Å². The molecule has 8 nitrogen and oxygen atoms in total. The molecule has 0 fully saturated rings. The van der Waals surface area contributed by atoms with Gasteiger partial charge < -0.3 is 24.4 Å². The second kappa shape index (κ2) is 9.71. The van der Waals surface area contributed by atoms with Crippen LogP contribution in [0, 0.1) is 0 Å². The van der Waals surface area contributed by atoms with Gasteiger partial charge in [0.15, 0.2) is 0 Å². The Hall–Kier alpha value is -0.290. The van der Waals surface area contributed by atoms with Gasteiger partial charge in [-0.05, 0) is 0 Å². The summed E-state index contributed by atoms with van der Waals surface area (Å²) in [5, 5.41) is 17.2. The van der Waals surface area contributed by atoms with Crippen LogP contribution in [0.4, 0.5) is 0 Å². The van der Waals surface area contributed by atoms with Crippen LogP contribution in [0.5, 0.6) is 0 Å². The lowest BCUT2D eigenvalue weighted by Crippen LogP contribution is -2.26. The smallest absolute Gasteiger partial charge is 0.294 e. The average Bonchev–Trinajstić information content (AvgIpc) is 2.25. The second-order valence-corrected chi connectivity index (χ2v) is 4.57. The van der Waals surface area contributed by atoms with Gasteiger partial charge in [0.05, 0.1) is 46.2 Å². The van der Waals surface area contributed by atoms with Crippen LogP contribution in [0.15, 0.2) is 0 Å². The summed E-state index contributed by atoms with van der Waals surface area (Å²) in [6.45, 7) is 0.659. The fraction of sp³-hybridized carbons (Fsp3) is 1.00. The molecule has 0 radical (unpaired) electrons. The van der Waals surface area contributed by atoms with E-state index in [-0.39, 0.29) is 26.4 Å². The van der Waals surface area contributed by atoms with E-state index in [1.165, 1.54) is 0 Å². The molecule has 9 heteroatoms. The van der Waals surface area contributed by atoms with E-state index in [9.17, 15) is 8.42 Å². The number of aliphatic hydroxyl groups is 2. The van der Waals surface area contributed by atoms with Gasteiger partial charge in [0, 0.05) is 0 Å². The average molecular weight is 274 g/mol. The zero-order valence-electron chi connectivity index (χ0n) is 9.32. The van der Waals surface area contributed by atoms with Crippen molar-refractivity contribution in [2.45, 2.75) is 5.44 Å². The van der Waals surface area contributed by atoms with Gasteiger partial charge in [-0.2, -0.15) is 8.42 Å². The maximum Gasteiger partial charge on any atom is 0.294 e. The van der Waals surface area contributed by atoms with E-state index in [4.69, 9.17) is 29.0 Å². The maximum absolute atomic E-state index is 10.4. The monoisotopic (exact) mass is 274 g/mol. The van der Waals surface area contributed by atoms with Crippen LogP contribution in [0.1, 0.15) is 0 Å². The largest absolute Gasteiger partial charge is 0.394 e. The van der Waals surface area contributed by atoms with Crippen molar-refractivity contribution in [2.75, 3.05) is 46.2 Å². The Morgan fingerprint density at radius 2 is 1.41 bits per heavy atom. The number of rotatable bonds is 11. The minimum absolute atomic E-state index is 0.0450. The number of ether oxygens (including phenoxy) is 3. The highest BCUT2D eigenvalue weighted by atomic mass is 32.2. The third kappa shape index (κ3) is 10.6. The van der Waals surface area contributed by atoms with Crippen molar-refractivity contribution >= 4 is 10.1 Å². The highest BCUT2D eigenvalue weighted by Gasteiger charge is 2.19. The van der Waals surface area contributed by atoms with E-state index in [0.717, 1.165) is 0 Å². The van der Waals surface area contributed by atoms with Gasteiger partial charge in [0.1, 0.15) is 0 Å². The third-order valence-corrected chi connectivity index (χ3v) is 2.41. The van der Waals surface area contributed by atoms with Crippen LogP contribution in [-0.2, 0) is 24.3 Å². The fourth-order valence-electron chi connectivity index (χ4n) is 0.775. The van der Waals surface area contributed by atoms with Gasteiger partial charge in [0.25, 0.3) is 10.1 Å². The SMILES string of the molecule is O=S(=O)(O)C(O)COCCOCCOCCO. The second-order valence-electron chi connectivity index (χ2n) is 2.99. The lowest BCUT2D eigenvalue weighted by molar-refractivity contribution is -0.00240. The van der Waals surface area contributed by atoms with E-state index in [0.29, 0.717) is 13.2 Å². The summed E-state index contributed by atoms with van der Waals surface area (Å²) >= 11 is 0. The standard InChI is InChI=1S/C8H18O8S/c9-1-2-14-3-4-15-5-6-16-7-8(10)17(11,12)13/h8-10H,1-7H2,(H,11,12,13). The molecule has 0 amide bonds. The Morgan fingerprint density at radius 3 is 1.88 bits per heavy atom. The topological polar surface area (TPSA) is 123 Å². The van der Waals surface area contributed by atoms with Crippen molar-refractivity contribution in [2.24, 2.45) is 0 Å². The zero-order valence-corrected chi connectivity index (χ0v) is 10.1. The summed E-state index contributed by atoms with van der Waals surface area (Å²) in [4.78, 5) is 0. The molecular weight excluding hydrogens is 256 g/mol. The molecule has 17 heavy (non-hydrogen) atoms. The molecule has 0 heterocycles. The summed E-state index contributed by atoms with van der Waals surface area (Å²) in [6, 6.07) is 0. The van der Waals surface area contributed by atoms with E-state index < -0.39 is 22.2 Å². The first kappa shape index (κ1) is 16.7. The Kier molecular flexibility index (Phi) is 9.55. The molecular formula is C8H18O8S. The molecule has 0 saturated carbocycles. The number of hydrogen-bond acceptors (Lipinski definition) is 7. The van der Waals surface area contributed by atoms with Crippen molar-refractivity contribution in [3.05, 3.63) is 0 Å². The predicted molar refractivity (Wildman–Crippen MR) is 57.1 cm³/mol.